The Hall–Kier alpha value is -0.710. The van der Waals surface area contributed by atoms with Crippen LogP contribution in [0.1, 0.15) is 12.8 Å². The number of fused-ring (bicyclic) bond motifs is 1. The van der Waals surface area contributed by atoms with Gasteiger partial charge in [0, 0.05) is 10.3 Å². The Bertz CT molecular complexity index is 519. The van der Waals surface area contributed by atoms with E-state index in [-0.39, 0.29) is 0 Å². The average molecular weight is 268 g/mol. The van der Waals surface area contributed by atoms with Gasteiger partial charge in [-0.05, 0) is 44.1 Å². The second-order valence-corrected chi connectivity index (χ2v) is 6.00. The highest BCUT2D eigenvalue weighted by atomic mass is 35.5. The minimum atomic E-state index is 0.673. The molecule has 1 aromatic heterocycles. The van der Waals surface area contributed by atoms with Crippen molar-refractivity contribution in [3.63, 3.8) is 0 Å². The molecule has 0 unspecified atom stereocenters. The highest BCUT2D eigenvalue weighted by Gasteiger charge is 2.16. The highest BCUT2D eigenvalue weighted by molar-refractivity contribution is 7.99. The van der Waals surface area contributed by atoms with Gasteiger partial charge in [-0.15, -0.1) is 0 Å². The number of nitrogens with one attached hydrogen (secondary N) is 2. The van der Waals surface area contributed by atoms with Gasteiger partial charge in [0.1, 0.15) is 0 Å². The van der Waals surface area contributed by atoms with E-state index >= 15 is 0 Å². The molecule has 0 saturated carbocycles. The number of aromatic nitrogens is 2. The summed E-state index contributed by atoms with van der Waals surface area (Å²) in [5, 5.41) is 5.80. The molecule has 0 aliphatic carbocycles. The fourth-order valence-corrected chi connectivity index (χ4v) is 3.36. The molecule has 3 nitrogen and oxygen atoms in total. The summed E-state index contributed by atoms with van der Waals surface area (Å²) in [6.07, 6.45) is 2.42. The number of thioether (sulfide) groups is 1. The molecule has 0 spiro atoms. The van der Waals surface area contributed by atoms with Gasteiger partial charge in [0.25, 0.3) is 0 Å². The quantitative estimate of drug-likeness (QED) is 0.879. The highest BCUT2D eigenvalue weighted by Crippen LogP contribution is 2.28. The van der Waals surface area contributed by atoms with Crippen molar-refractivity contribution in [3.05, 3.63) is 23.2 Å². The van der Waals surface area contributed by atoms with Crippen molar-refractivity contribution in [2.75, 3.05) is 13.1 Å². The van der Waals surface area contributed by atoms with Gasteiger partial charge in [-0.25, -0.2) is 4.98 Å². The van der Waals surface area contributed by atoms with E-state index in [2.05, 4.69) is 15.3 Å². The molecule has 90 valence electrons. The normalized spacial score (nSPS) is 17.7. The summed E-state index contributed by atoms with van der Waals surface area (Å²) in [7, 11) is 0. The van der Waals surface area contributed by atoms with Crippen LogP contribution in [0.25, 0.3) is 11.0 Å². The third-order valence-electron chi connectivity index (χ3n) is 2.99. The molecular weight excluding hydrogens is 254 g/mol. The van der Waals surface area contributed by atoms with Crippen LogP contribution in [-0.4, -0.2) is 28.3 Å². The molecule has 0 radical (unpaired) electrons. The lowest BCUT2D eigenvalue weighted by Gasteiger charge is -2.20. The first-order chi connectivity index (χ1) is 8.31. The first-order valence-corrected chi connectivity index (χ1v) is 7.10. The number of benzene rings is 1. The zero-order valence-corrected chi connectivity index (χ0v) is 10.9. The maximum Gasteiger partial charge on any atom is 0.166 e. The number of nitrogens with zero attached hydrogens (tertiary/aromatic N) is 1. The molecule has 0 amide bonds. The van der Waals surface area contributed by atoms with Crippen molar-refractivity contribution in [1.29, 1.82) is 0 Å². The number of imidazole rings is 1. The maximum absolute atomic E-state index is 5.96. The molecular formula is C12H14ClN3S. The van der Waals surface area contributed by atoms with Crippen LogP contribution in [0.2, 0.25) is 5.02 Å². The monoisotopic (exact) mass is 267 g/mol. The number of rotatable bonds is 2. The number of piperidine rings is 1. The third kappa shape index (κ3) is 2.59. The summed E-state index contributed by atoms with van der Waals surface area (Å²) < 4.78 is 0. The summed E-state index contributed by atoms with van der Waals surface area (Å²) >= 11 is 7.80. The van der Waals surface area contributed by atoms with Gasteiger partial charge in [-0.3, -0.25) is 0 Å². The number of aromatic amines is 1. The van der Waals surface area contributed by atoms with E-state index in [0.717, 1.165) is 34.3 Å². The molecule has 17 heavy (non-hydrogen) atoms. The largest absolute Gasteiger partial charge is 0.333 e. The predicted octanol–water partition coefficient (Wildman–Crippen LogP) is 3.06. The van der Waals surface area contributed by atoms with Crippen LogP contribution >= 0.6 is 23.4 Å². The second-order valence-electron chi connectivity index (χ2n) is 4.27. The molecule has 0 atom stereocenters. The fourth-order valence-electron chi connectivity index (χ4n) is 2.09. The molecule has 2 heterocycles. The van der Waals surface area contributed by atoms with Gasteiger partial charge in [-0.1, -0.05) is 23.4 Å². The SMILES string of the molecule is Clc1ccc2nc(SC3CCNCC3)[nH]c2c1. The Morgan fingerprint density at radius 2 is 2.12 bits per heavy atom. The van der Waals surface area contributed by atoms with Gasteiger partial charge < -0.3 is 10.3 Å². The smallest absolute Gasteiger partial charge is 0.166 e. The van der Waals surface area contributed by atoms with Gasteiger partial charge in [0.05, 0.1) is 11.0 Å². The standard InChI is InChI=1S/C12H14ClN3S/c13-8-1-2-10-11(7-8)16-12(15-10)17-9-3-5-14-6-4-9/h1-2,7,9,14H,3-6H2,(H,15,16). The van der Waals surface area contributed by atoms with E-state index in [1.807, 2.05) is 30.0 Å². The lowest BCUT2D eigenvalue weighted by molar-refractivity contribution is 0.531. The van der Waals surface area contributed by atoms with E-state index in [1.165, 1.54) is 12.8 Å². The number of hydrogen-bond donors (Lipinski definition) is 2. The van der Waals surface area contributed by atoms with Crippen molar-refractivity contribution in [1.82, 2.24) is 15.3 Å². The van der Waals surface area contributed by atoms with E-state index in [1.54, 1.807) is 0 Å². The molecule has 1 fully saturated rings. The van der Waals surface area contributed by atoms with Crippen LogP contribution in [0.4, 0.5) is 0 Å². The van der Waals surface area contributed by atoms with E-state index in [4.69, 9.17) is 11.6 Å². The Labute approximate surface area is 109 Å². The summed E-state index contributed by atoms with van der Waals surface area (Å²) in [4.78, 5) is 7.91. The summed E-state index contributed by atoms with van der Waals surface area (Å²) in [5.74, 6) is 0. The van der Waals surface area contributed by atoms with Gasteiger partial charge in [0.15, 0.2) is 5.16 Å². The zero-order chi connectivity index (χ0) is 11.7. The molecule has 1 saturated heterocycles. The van der Waals surface area contributed by atoms with Crippen LogP contribution in [0, 0.1) is 0 Å². The summed E-state index contributed by atoms with van der Waals surface area (Å²) in [5.41, 5.74) is 2.01. The fraction of sp³-hybridized carbons (Fsp3) is 0.417. The maximum atomic E-state index is 5.96. The van der Waals surface area contributed by atoms with Crippen LogP contribution in [0.3, 0.4) is 0 Å². The first-order valence-electron chi connectivity index (χ1n) is 5.84. The third-order valence-corrected chi connectivity index (χ3v) is 4.44. The minimum Gasteiger partial charge on any atom is -0.333 e. The van der Waals surface area contributed by atoms with Crippen molar-refractivity contribution in [2.45, 2.75) is 23.2 Å². The van der Waals surface area contributed by atoms with Gasteiger partial charge in [-0.2, -0.15) is 0 Å². The second kappa shape index (κ2) is 4.88. The molecule has 2 aromatic rings. The zero-order valence-electron chi connectivity index (χ0n) is 9.37. The van der Waals surface area contributed by atoms with E-state index < -0.39 is 0 Å². The van der Waals surface area contributed by atoms with Crippen molar-refractivity contribution >= 4 is 34.4 Å². The molecule has 2 N–H and O–H groups in total. The molecule has 1 aliphatic rings. The molecule has 1 aliphatic heterocycles. The van der Waals surface area contributed by atoms with Crippen molar-refractivity contribution < 1.29 is 0 Å². The average Bonchev–Trinajstić information content (AvgIpc) is 2.71. The number of H-pyrrole nitrogens is 1. The minimum absolute atomic E-state index is 0.673. The van der Waals surface area contributed by atoms with Gasteiger partial charge >= 0.3 is 0 Å². The van der Waals surface area contributed by atoms with Gasteiger partial charge in [0.2, 0.25) is 0 Å². The van der Waals surface area contributed by atoms with Crippen LogP contribution < -0.4 is 5.32 Å². The lowest BCUT2D eigenvalue weighted by Crippen LogP contribution is -2.29. The molecule has 1 aromatic carbocycles. The number of halogens is 1. The summed E-state index contributed by atoms with van der Waals surface area (Å²) in [6.45, 7) is 2.23. The first kappa shape index (κ1) is 11.4. The van der Waals surface area contributed by atoms with Crippen LogP contribution in [0.5, 0.6) is 0 Å². The topological polar surface area (TPSA) is 40.7 Å². The predicted molar refractivity (Wildman–Crippen MR) is 72.9 cm³/mol. The van der Waals surface area contributed by atoms with Crippen molar-refractivity contribution in [2.24, 2.45) is 0 Å². The Morgan fingerprint density at radius 3 is 2.94 bits per heavy atom. The van der Waals surface area contributed by atoms with Crippen LogP contribution in [0.15, 0.2) is 23.4 Å². The van der Waals surface area contributed by atoms with E-state index in [9.17, 15) is 0 Å². The lowest BCUT2D eigenvalue weighted by atomic mass is 10.2. The summed E-state index contributed by atoms with van der Waals surface area (Å²) in [6, 6.07) is 5.76. The van der Waals surface area contributed by atoms with E-state index in [0.29, 0.717) is 5.25 Å². The van der Waals surface area contributed by atoms with Crippen LogP contribution in [-0.2, 0) is 0 Å². The molecule has 0 bridgehead atoms. The Balaban J connectivity index is 1.80. The Kier molecular flexibility index (Phi) is 3.27. The Morgan fingerprint density at radius 1 is 1.29 bits per heavy atom. The number of hydrogen-bond acceptors (Lipinski definition) is 3. The van der Waals surface area contributed by atoms with Crippen molar-refractivity contribution in [3.8, 4) is 0 Å². The molecule has 5 heteroatoms. The molecule has 3 rings (SSSR count).